The summed E-state index contributed by atoms with van der Waals surface area (Å²) in [5.41, 5.74) is 3.49. The molecule has 1 aromatic rings. The number of thiocarbonyl (C=S) groups is 1. The highest BCUT2D eigenvalue weighted by atomic mass is 32.1. The highest BCUT2D eigenvalue weighted by molar-refractivity contribution is 7.80. The molecule has 3 N–H and O–H groups in total. The first-order valence-electron chi connectivity index (χ1n) is 5.70. The SMILES string of the molecule is CCNC(=S)N/N=C/c1ccc(O)c(OCC)c1. The predicted octanol–water partition coefficient (Wildman–Crippen LogP) is 1.61. The third kappa shape index (κ3) is 4.58. The fourth-order valence-electron chi connectivity index (χ4n) is 1.25. The minimum Gasteiger partial charge on any atom is -0.504 e. The lowest BCUT2D eigenvalue weighted by Gasteiger charge is -2.06. The van der Waals surface area contributed by atoms with Gasteiger partial charge in [0.1, 0.15) is 0 Å². The van der Waals surface area contributed by atoms with Crippen LogP contribution in [0.1, 0.15) is 19.4 Å². The molecule has 18 heavy (non-hydrogen) atoms. The Bertz CT molecular complexity index is 435. The van der Waals surface area contributed by atoms with E-state index in [0.29, 0.717) is 17.5 Å². The summed E-state index contributed by atoms with van der Waals surface area (Å²) in [4.78, 5) is 0. The molecule has 0 fully saturated rings. The summed E-state index contributed by atoms with van der Waals surface area (Å²) < 4.78 is 5.27. The van der Waals surface area contributed by atoms with Crippen molar-refractivity contribution in [2.75, 3.05) is 13.2 Å². The van der Waals surface area contributed by atoms with E-state index in [-0.39, 0.29) is 5.75 Å². The second kappa shape index (κ2) is 7.50. The highest BCUT2D eigenvalue weighted by Crippen LogP contribution is 2.25. The first-order chi connectivity index (χ1) is 8.67. The molecule has 0 spiro atoms. The monoisotopic (exact) mass is 267 g/mol. The number of nitrogens with one attached hydrogen (secondary N) is 2. The molecule has 0 amide bonds. The van der Waals surface area contributed by atoms with E-state index in [0.717, 1.165) is 12.1 Å². The summed E-state index contributed by atoms with van der Waals surface area (Å²) in [7, 11) is 0. The summed E-state index contributed by atoms with van der Waals surface area (Å²) >= 11 is 4.96. The van der Waals surface area contributed by atoms with E-state index >= 15 is 0 Å². The molecule has 0 unspecified atom stereocenters. The van der Waals surface area contributed by atoms with Crippen LogP contribution in [-0.2, 0) is 0 Å². The van der Waals surface area contributed by atoms with Gasteiger partial charge in [-0.1, -0.05) is 0 Å². The molecule has 0 saturated carbocycles. The molecule has 1 rings (SSSR count). The second-order valence-corrected chi connectivity index (χ2v) is 3.80. The molecule has 0 aliphatic carbocycles. The van der Waals surface area contributed by atoms with E-state index in [1.54, 1.807) is 24.4 Å². The zero-order valence-corrected chi connectivity index (χ0v) is 11.3. The van der Waals surface area contributed by atoms with Crippen molar-refractivity contribution in [2.45, 2.75) is 13.8 Å². The van der Waals surface area contributed by atoms with Gasteiger partial charge < -0.3 is 15.2 Å². The quantitative estimate of drug-likeness (QED) is 0.430. The summed E-state index contributed by atoms with van der Waals surface area (Å²) in [6.45, 7) is 5.05. The van der Waals surface area contributed by atoms with Crippen molar-refractivity contribution < 1.29 is 9.84 Å². The number of hydrogen-bond donors (Lipinski definition) is 3. The molecule has 0 aliphatic rings. The Morgan fingerprint density at radius 3 is 2.94 bits per heavy atom. The van der Waals surface area contributed by atoms with Crippen LogP contribution in [0.15, 0.2) is 23.3 Å². The number of aromatic hydroxyl groups is 1. The van der Waals surface area contributed by atoms with Gasteiger partial charge in [-0.25, -0.2) is 0 Å². The van der Waals surface area contributed by atoms with Crippen LogP contribution >= 0.6 is 12.2 Å². The van der Waals surface area contributed by atoms with Crippen LogP contribution < -0.4 is 15.5 Å². The van der Waals surface area contributed by atoms with E-state index in [1.807, 2.05) is 13.8 Å². The Labute approximate surface area is 112 Å². The van der Waals surface area contributed by atoms with E-state index < -0.39 is 0 Å². The molecule has 0 bridgehead atoms. The van der Waals surface area contributed by atoms with Crippen LogP contribution in [0.5, 0.6) is 11.5 Å². The Kier molecular flexibility index (Phi) is 5.93. The molecular weight excluding hydrogens is 250 g/mol. The third-order valence-corrected chi connectivity index (χ3v) is 2.24. The molecular formula is C12H17N3O2S. The number of nitrogens with zero attached hydrogens (tertiary/aromatic N) is 1. The Morgan fingerprint density at radius 2 is 2.28 bits per heavy atom. The first kappa shape index (κ1) is 14.2. The molecule has 5 nitrogen and oxygen atoms in total. The van der Waals surface area contributed by atoms with Gasteiger partial charge >= 0.3 is 0 Å². The lowest BCUT2D eigenvalue weighted by Crippen LogP contribution is -2.31. The lowest BCUT2D eigenvalue weighted by atomic mass is 10.2. The third-order valence-electron chi connectivity index (χ3n) is 2.00. The van der Waals surface area contributed by atoms with Crippen molar-refractivity contribution in [3.63, 3.8) is 0 Å². The Balaban J connectivity index is 2.64. The van der Waals surface area contributed by atoms with E-state index in [2.05, 4.69) is 15.8 Å². The number of hydrogen-bond acceptors (Lipinski definition) is 4. The van der Waals surface area contributed by atoms with Gasteiger partial charge in [0.2, 0.25) is 0 Å². The average molecular weight is 267 g/mol. The van der Waals surface area contributed by atoms with E-state index in [4.69, 9.17) is 17.0 Å². The maximum Gasteiger partial charge on any atom is 0.186 e. The predicted molar refractivity (Wildman–Crippen MR) is 76.3 cm³/mol. The maximum atomic E-state index is 9.53. The first-order valence-corrected chi connectivity index (χ1v) is 6.11. The van der Waals surface area contributed by atoms with Gasteiger partial charge in [-0.2, -0.15) is 5.10 Å². The van der Waals surface area contributed by atoms with Crippen LogP contribution in [0.4, 0.5) is 0 Å². The van der Waals surface area contributed by atoms with Crippen molar-refractivity contribution >= 4 is 23.5 Å². The van der Waals surface area contributed by atoms with Crippen LogP contribution in [0.2, 0.25) is 0 Å². The topological polar surface area (TPSA) is 65.9 Å². The molecule has 0 aromatic heterocycles. The van der Waals surface area contributed by atoms with E-state index in [1.165, 1.54) is 0 Å². The lowest BCUT2D eigenvalue weighted by molar-refractivity contribution is 0.318. The number of phenols is 1. The minimum absolute atomic E-state index is 0.116. The molecule has 0 saturated heterocycles. The van der Waals surface area contributed by atoms with Gasteiger partial charge in [0.25, 0.3) is 0 Å². The summed E-state index contributed by atoms with van der Waals surface area (Å²) in [5, 5.41) is 16.9. The van der Waals surface area contributed by atoms with Crippen molar-refractivity contribution in [3.8, 4) is 11.5 Å². The van der Waals surface area contributed by atoms with E-state index in [9.17, 15) is 5.11 Å². The fraction of sp³-hybridized carbons (Fsp3) is 0.333. The van der Waals surface area contributed by atoms with Crippen molar-refractivity contribution in [1.82, 2.24) is 10.7 Å². The molecule has 98 valence electrons. The van der Waals surface area contributed by atoms with Crippen LogP contribution in [0.25, 0.3) is 0 Å². The summed E-state index contributed by atoms with van der Waals surface area (Å²) in [6.07, 6.45) is 1.60. The molecule has 0 radical (unpaired) electrons. The van der Waals surface area contributed by atoms with Crippen LogP contribution in [-0.4, -0.2) is 29.6 Å². The van der Waals surface area contributed by atoms with Gasteiger partial charge in [-0.05, 0) is 49.8 Å². The molecule has 0 aliphatic heterocycles. The average Bonchev–Trinajstić information content (AvgIpc) is 2.34. The normalized spacial score (nSPS) is 10.3. The number of hydrazone groups is 1. The number of rotatable bonds is 5. The number of benzene rings is 1. The molecule has 0 heterocycles. The highest BCUT2D eigenvalue weighted by Gasteiger charge is 2.01. The fourth-order valence-corrected chi connectivity index (χ4v) is 1.44. The summed E-state index contributed by atoms with van der Waals surface area (Å²) in [6, 6.07) is 5.01. The second-order valence-electron chi connectivity index (χ2n) is 3.39. The van der Waals surface area contributed by atoms with Crippen molar-refractivity contribution in [3.05, 3.63) is 23.8 Å². The zero-order valence-electron chi connectivity index (χ0n) is 10.4. The zero-order chi connectivity index (χ0) is 13.4. The number of ether oxygens (including phenoxy) is 1. The Hall–Kier alpha value is -1.82. The minimum atomic E-state index is 0.116. The smallest absolute Gasteiger partial charge is 0.186 e. The van der Waals surface area contributed by atoms with Gasteiger partial charge in [0.15, 0.2) is 16.6 Å². The van der Waals surface area contributed by atoms with Gasteiger partial charge in [0.05, 0.1) is 12.8 Å². The molecule has 6 heteroatoms. The van der Waals surface area contributed by atoms with Gasteiger partial charge in [-0.15, -0.1) is 0 Å². The summed E-state index contributed by atoms with van der Waals surface area (Å²) in [5.74, 6) is 0.556. The van der Waals surface area contributed by atoms with Crippen LogP contribution in [0, 0.1) is 0 Å². The standard InChI is InChI=1S/C12H17N3O2S/c1-3-13-12(18)15-14-8-9-5-6-10(16)11(7-9)17-4-2/h5-8,16H,3-4H2,1-2H3,(H2,13,15,18)/b14-8+. The van der Waals surface area contributed by atoms with Gasteiger partial charge in [-0.3, -0.25) is 5.43 Å². The molecule has 1 aromatic carbocycles. The van der Waals surface area contributed by atoms with Crippen LogP contribution in [0.3, 0.4) is 0 Å². The molecule has 0 atom stereocenters. The Morgan fingerprint density at radius 1 is 1.50 bits per heavy atom. The maximum absolute atomic E-state index is 9.53. The van der Waals surface area contributed by atoms with Crippen molar-refractivity contribution in [1.29, 1.82) is 0 Å². The number of phenolic OH excluding ortho intramolecular Hbond substituents is 1. The van der Waals surface area contributed by atoms with Gasteiger partial charge in [0, 0.05) is 6.54 Å². The van der Waals surface area contributed by atoms with Crippen molar-refractivity contribution in [2.24, 2.45) is 5.10 Å². The largest absolute Gasteiger partial charge is 0.504 e.